The van der Waals surface area contributed by atoms with E-state index in [1.807, 2.05) is 12.1 Å². The number of thiophene rings is 2. The van der Waals surface area contributed by atoms with Gasteiger partial charge in [0.25, 0.3) is 5.70 Å². The molecule has 6 aromatic rings. The Kier molecular flexibility index (Phi) is 5.49. The fourth-order valence-corrected chi connectivity index (χ4v) is 6.49. The smallest absolute Gasteiger partial charge is 0.333 e. The number of hydrogen-bond donors (Lipinski definition) is 1. The van der Waals surface area contributed by atoms with Crippen LogP contribution in [0.4, 0.5) is 0 Å². The summed E-state index contributed by atoms with van der Waals surface area (Å²) in [6, 6.07) is 33.7. The van der Waals surface area contributed by atoms with Crippen LogP contribution in [0.15, 0.2) is 103 Å². The molecule has 6 rings (SSSR count). The molecule has 0 amide bonds. The molecule has 3 aromatic heterocycles. The molecule has 4 nitrogen and oxygen atoms in total. The molecule has 172 valence electrons. The molecule has 0 aliphatic heterocycles. The fourth-order valence-electron chi connectivity index (χ4n) is 4.44. The molecule has 0 unspecified atom stereocenters. The lowest BCUT2D eigenvalue weighted by atomic mass is 10.1. The van der Waals surface area contributed by atoms with Crippen LogP contribution >= 0.6 is 22.7 Å². The van der Waals surface area contributed by atoms with Crippen LogP contribution in [0.2, 0.25) is 0 Å². The number of fused-ring (bicyclic) bond motifs is 3. The Hall–Kier alpha value is -4.44. The van der Waals surface area contributed by atoms with Gasteiger partial charge in [-0.3, -0.25) is 4.79 Å². The first-order valence-corrected chi connectivity index (χ1v) is 12.9. The summed E-state index contributed by atoms with van der Waals surface area (Å²) in [5.41, 5.74) is 4.37. The second-order valence-electron chi connectivity index (χ2n) is 8.23. The third-order valence-electron chi connectivity index (χ3n) is 6.08. The lowest BCUT2D eigenvalue weighted by molar-refractivity contribution is -0.132. The minimum Gasteiger partial charge on any atom is -0.486 e. The first kappa shape index (κ1) is 22.1. The maximum Gasteiger partial charge on any atom is 0.333 e. The van der Waals surface area contributed by atoms with E-state index in [4.69, 9.17) is 11.7 Å². The highest BCUT2D eigenvalue weighted by molar-refractivity contribution is 7.24. The van der Waals surface area contributed by atoms with E-state index in [0.717, 1.165) is 30.8 Å². The maximum absolute atomic E-state index is 11.1. The van der Waals surface area contributed by atoms with Gasteiger partial charge in [0.05, 0.1) is 17.6 Å². The number of aromatic nitrogens is 1. The first-order chi connectivity index (χ1) is 17.6. The Morgan fingerprint density at radius 3 is 1.97 bits per heavy atom. The zero-order chi connectivity index (χ0) is 24.6. The van der Waals surface area contributed by atoms with Crippen molar-refractivity contribution in [2.75, 3.05) is 0 Å². The van der Waals surface area contributed by atoms with Crippen molar-refractivity contribution in [3.8, 4) is 25.9 Å². The number of nitrogens with zero attached hydrogens (tertiary/aromatic N) is 2. The van der Waals surface area contributed by atoms with Crippen molar-refractivity contribution in [3.05, 3.63) is 119 Å². The Bertz CT molecular complexity index is 1780. The average Bonchev–Trinajstić information content (AvgIpc) is 3.65. The molecule has 0 atom stereocenters. The quantitative estimate of drug-likeness (QED) is 0.190. The second kappa shape index (κ2) is 8.97. The fraction of sp³-hybridized carbons (Fsp3) is 0. The molecule has 0 aliphatic rings. The summed E-state index contributed by atoms with van der Waals surface area (Å²) in [6.45, 7) is 7.03. The number of carbonyl (C=O) groups is 1. The van der Waals surface area contributed by atoms with Gasteiger partial charge in [0, 0.05) is 36.0 Å². The summed E-state index contributed by atoms with van der Waals surface area (Å²) in [4.78, 5) is 18.3. The normalized spacial score (nSPS) is 11.7. The molecule has 0 aliphatic carbocycles. The number of para-hydroxylation sites is 2. The number of benzene rings is 3. The topological polar surface area (TPSA) is 46.6 Å². The van der Waals surface area contributed by atoms with Crippen molar-refractivity contribution in [2.45, 2.75) is 0 Å². The van der Waals surface area contributed by atoms with Crippen LogP contribution in [0.25, 0.3) is 58.6 Å². The lowest BCUT2D eigenvalue weighted by Crippen LogP contribution is -1.94. The largest absolute Gasteiger partial charge is 0.486 e. The van der Waals surface area contributed by atoms with Crippen molar-refractivity contribution in [3.63, 3.8) is 0 Å². The van der Waals surface area contributed by atoms with Crippen molar-refractivity contribution >= 4 is 56.5 Å². The van der Waals surface area contributed by atoms with Gasteiger partial charge in [0.2, 0.25) is 0 Å². The number of carboxylic acids is 1. The monoisotopic (exact) mass is 502 g/mol. The van der Waals surface area contributed by atoms with Crippen molar-refractivity contribution < 1.29 is 9.90 Å². The molecule has 6 heteroatoms. The van der Waals surface area contributed by atoms with Crippen LogP contribution in [0.5, 0.6) is 0 Å². The van der Waals surface area contributed by atoms with E-state index in [2.05, 4.69) is 94.3 Å². The van der Waals surface area contributed by atoms with Gasteiger partial charge in [-0.2, -0.15) is 0 Å². The van der Waals surface area contributed by atoms with Gasteiger partial charge in [-0.05, 0) is 60.2 Å². The summed E-state index contributed by atoms with van der Waals surface area (Å²) in [5, 5.41) is 11.6. The first-order valence-electron chi connectivity index (χ1n) is 11.2. The Morgan fingerprint density at radius 2 is 1.33 bits per heavy atom. The molecule has 1 N–H and O–H groups in total. The summed E-state index contributed by atoms with van der Waals surface area (Å²) >= 11 is 3.18. The molecular weight excluding hydrogens is 484 g/mol. The van der Waals surface area contributed by atoms with E-state index in [-0.39, 0.29) is 5.70 Å². The minimum absolute atomic E-state index is 0.279. The SMILES string of the molecule is [C-]#[N+]C(=Cc1ccc(-c2ccc(-c3ccc(-n4c5ccccc5c5ccccc54)cc3)s2)s1)C(=O)O. The van der Waals surface area contributed by atoms with E-state index in [1.165, 1.54) is 39.2 Å². The lowest BCUT2D eigenvalue weighted by Gasteiger charge is -2.08. The standard InChI is InChI=1S/C30H18N2O2S2/c1-31-24(30(33)34)18-21-14-15-28(35-21)29-17-16-27(36-29)19-10-12-20(13-11-19)32-25-8-4-2-6-22(25)23-7-3-5-9-26(23)32/h2-18H,(H,33,34). The van der Waals surface area contributed by atoms with Gasteiger partial charge in [-0.25, -0.2) is 4.85 Å². The Morgan fingerprint density at radius 1 is 0.750 bits per heavy atom. The predicted octanol–water partition coefficient (Wildman–Crippen LogP) is 8.59. The second-order valence-corrected chi connectivity index (χ2v) is 10.4. The average molecular weight is 503 g/mol. The highest BCUT2D eigenvalue weighted by Gasteiger charge is 2.13. The van der Waals surface area contributed by atoms with Gasteiger partial charge >= 0.3 is 5.97 Å². The number of carboxylic acid groups (broad SMARTS) is 1. The van der Waals surface area contributed by atoms with Gasteiger partial charge in [-0.1, -0.05) is 48.5 Å². The predicted molar refractivity (Wildman–Crippen MR) is 150 cm³/mol. The highest BCUT2D eigenvalue weighted by Crippen LogP contribution is 2.39. The van der Waals surface area contributed by atoms with E-state index in [1.54, 1.807) is 11.3 Å². The summed E-state index contributed by atoms with van der Waals surface area (Å²) in [6.07, 6.45) is 1.42. The van der Waals surface area contributed by atoms with Crippen molar-refractivity contribution in [2.24, 2.45) is 0 Å². The van der Waals surface area contributed by atoms with Crippen LogP contribution in [0, 0.1) is 6.57 Å². The number of aliphatic carboxylic acids is 1. The third kappa shape index (κ3) is 3.81. The number of rotatable bonds is 5. The molecule has 3 heterocycles. The third-order valence-corrected chi connectivity index (χ3v) is 8.45. The van der Waals surface area contributed by atoms with E-state index in [9.17, 15) is 4.79 Å². The Labute approximate surface area is 215 Å². The highest BCUT2D eigenvalue weighted by atomic mass is 32.1. The van der Waals surface area contributed by atoms with Crippen LogP contribution < -0.4 is 0 Å². The maximum atomic E-state index is 11.1. The van der Waals surface area contributed by atoms with Crippen LogP contribution in [-0.2, 0) is 4.79 Å². The van der Waals surface area contributed by atoms with Crippen LogP contribution in [-0.4, -0.2) is 15.6 Å². The zero-order valence-corrected chi connectivity index (χ0v) is 20.5. The van der Waals surface area contributed by atoms with Crippen molar-refractivity contribution in [1.82, 2.24) is 4.57 Å². The van der Waals surface area contributed by atoms with Crippen LogP contribution in [0.3, 0.4) is 0 Å². The van der Waals surface area contributed by atoms with E-state index >= 15 is 0 Å². The summed E-state index contributed by atoms with van der Waals surface area (Å²) < 4.78 is 2.31. The zero-order valence-electron chi connectivity index (χ0n) is 18.9. The molecule has 0 spiro atoms. The van der Waals surface area contributed by atoms with Crippen LogP contribution in [0.1, 0.15) is 4.88 Å². The molecule has 36 heavy (non-hydrogen) atoms. The molecule has 0 saturated carbocycles. The van der Waals surface area contributed by atoms with Gasteiger partial charge in [0.15, 0.2) is 0 Å². The molecule has 0 saturated heterocycles. The molecule has 0 fully saturated rings. The molecular formula is C30H18N2O2S2. The molecule has 0 radical (unpaired) electrons. The van der Waals surface area contributed by atoms with E-state index in [0.29, 0.717) is 0 Å². The number of hydrogen-bond acceptors (Lipinski definition) is 3. The minimum atomic E-state index is -1.21. The van der Waals surface area contributed by atoms with Gasteiger partial charge in [0.1, 0.15) is 0 Å². The van der Waals surface area contributed by atoms with Crippen molar-refractivity contribution in [1.29, 1.82) is 0 Å². The van der Waals surface area contributed by atoms with Gasteiger partial charge in [-0.15, -0.1) is 22.7 Å². The molecule has 3 aromatic carbocycles. The Balaban J connectivity index is 1.32. The molecule has 0 bridgehead atoms. The van der Waals surface area contributed by atoms with Gasteiger partial charge < -0.3 is 9.67 Å². The summed E-state index contributed by atoms with van der Waals surface area (Å²) in [7, 11) is 0. The van der Waals surface area contributed by atoms with E-state index < -0.39 is 5.97 Å². The summed E-state index contributed by atoms with van der Waals surface area (Å²) in [5.74, 6) is -1.21.